The molecule has 0 fully saturated rings. The van der Waals surface area contributed by atoms with Crippen LogP contribution >= 0.6 is 0 Å². The Balaban J connectivity index is 4.38. The second-order valence-electron chi connectivity index (χ2n) is 18.5. The first-order valence-electron chi connectivity index (χ1n) is 27.8. The Morgan fingerprint density at radius 2 is 0.569 bits per heavy atom. The van der Waals surface area contributed by atoms with Crippen molar-refractivity contribution < 1.29 is 28.6 Å². The van der Waals surface area contributed by atoms with Crippen molar-refractivity contribution in [3.05, 3.63) is 60.8 Å². The molecule has 376 valence electrons. The van der Waals surface area contributed by atoms with Crippen molar-refractivity contribution in [3.63, 3.8) is 0 Å². The number of carbonyl (C=O) groups excluding carboxylic acids is 3. The van der Waals surface area contributed by atoms with E-state index in [0.29, 0.717) is 19.3 Å². The van der Waals surface area contributed by atoms with Crippen LogP contribution in [0.1, 0.15) is 278 Å². The van der Waals surface area contributed by atoms with Crippen LogP contribution < -0.4 is 0 Å². The van der Waals surface area contributed by atoms with E-state index in [-0.39, 0.29) is 31.1 Å². The van der Waals surface area contributed by atoms with E-state index in [2.05, 4.69) is 81.5 Å². The van der Waals surface area contributed by atoms with E-state index in [1.165, 1.54) is 135 Å². The maximum atomic E-state index is 12.8. The Hall–Kier alpha value is -2.89. The van der Waals surface area contributed by atoms with E-state index in [1.807, 2.05) is 0 Å². The number of esters is 3. The summed E-state index contributed by atoms with van der Waals surface area (Å²) in [5.74, 6) is -0.908. The number of unbranched alkanes of at least 4 members (excludes halogenated alkanes) is 29. The highest BCUT2D eigenvalue weighted by atomic mass is 16.6. The summed E-state index contributed by atoms with van der Waals surface area (Å²) in [5, 5.41) is 0. The van der Waals surface area contributed by atoms with Crippen molar-refractivity contribution in [1.82, 2.24) is 0 Å². The molecule has 0 spiro atoms. The van der Waals surface area contributed by atoms with Crippen LogP contribution in [0, 0.1) is 0 Å². The largest absolute Gasteiger partial charge is 0.462 e. The molecule has 0 rings (SSSR count). The molecule has 0 bridgehead atoms. The fourth-order valence-corrected chi connectivity index (χ4v) is 7.71. The number of hydrogen-bond donors (Lipinski definition) is 0. The molecule has 0 saturated carbocycles. The van der Waals surface area contributed by atoms with Gasteiger partial charge in [0.25, 0.3) is 0 Å². The van der Waals surface area contributed by atoms with Crippen LogP contribution in [-0.4, -0.2) is 37.2 Å². The fourth-order valence-electron chi connectivity index (χ4n) is 7.71. The van der Waals surface area contributed by atoms with E-state index in [4.69, 9.17) is 14.2 Å². The van der Waals surface area contributed by atoms with Gasteiger partial charge in [0.1, 0.15) is 13.2 Å². The lowest BCUT2D eigenvalue weighted by Crippen LogP contribution is -2.30. The molecule has 1 atom stereocenters. The molecule has 0 aromatic heterocycles. The molecule has 6 heteroatoms. The van der Waals surface area contributed by atoms with Crippen LogP contribution in [0.4, 0.5) is 0 Å². The summed E-state index contributed by atoms with van der Waals surface area (Å²) in [6, 6.07) is 0. The molecule has 0 aliphatic rings. The minimum absolute atomic E-state index is 0.0849. The van der Waals surface area contributed by atoms with Crippen LogP contribution in [-0.2, 0) is 28.6 Å². The average molecular weight is 909 g/mol. The van der Waals surface area contributed by atoms with Crippen molar-refractivity contribution in [2.75, 3.05) is 13.2 Å². The fraction of sp³-hybridized carbons (Fsp3) is 0.780. The summed E-state index contributed by atoms with van der Waals surface area (Å²) in [6.07, 6.45) is 66.3. The number of rotatable bonds is 50. The molecule has 0 saturated heterocycles. The third-order valence-corrected chi connectivity index (χ3v) is 12.0. The highest BCUT2D eigenvalue weighted by Crippen LogP contribution is 2.15. The first-order valence-corrected chi connectivity index (χ1v) is 27.8. The minimum atomic E-state index is -0.787. The summed E-state index contributed by atoms with van der Waals surface area (Å²) in [4.78, 5) is 38.1. The zero-order chi connectivity index (χ0) is 47.2. The Morgan fingerprint density at radius 3 is 0.908 bits per heavy atom. The van der Waals surface area contributed by atoms with Crippen LogP contribution in [0.2, 0.25) is 0 Å². The second-order valence-corrected chi connectivity index (χ2v) is 18.5. The van der Waals surface area contributed by atoms with Gasteiger partial charge in [0, 0.05) is 19.3 Å². The number of ether oxygens (including phenoxy) is 3. The maximum absolute atomic E-state index is 12.8. The normalized spacial score (nSPS) is 12.5. The van der Waals surface area contributed by atoms with E-state index in [9.17, 15) is 14.4 Å². The van der Waals surface area contributed by atoms with Gasteiger partial charge in [-0.25, -0.2) is 0 Å². The Labute approximate surface area is 402 Å². The zero-order valence-corrected chi connectivity index (χ0v) is 43.0. The monoisotopic (exact) mass is 909 g/mol. The second kappa shape index (κ2) is 53.7. The Morgan fingerprint density at radius 1 is 0.308 bits per heavy atom. The van der Waals surface area contributed by atoms with Gasteiger partial charge >= 0.3 is 17.9 Å². The quantitative estimate of drug-likeness (QED) is 0.0262. The molecule has 0 amide bonds. The third kappa shape index (κ3) is 51.9. The average Bonchev–Trinajstić information content (AvgIpc) is 3.30. The van der Waals surface area contributed by atoms with Crippen LogP contribution in [0.3, 0.4) is 0 Å². The first-order chi connectivity index (χ1) is 32.0. The van der Waals surface area contributed by atoms with Crippen molar-refractivity contribution in [3.8, 4) is 0 Å². The molecule has 0 aliphatic heterocycles. The third-order valence-electron chi connectivity index (χ3n) is 12.0. The molecule has 0 aromatic carbocycles. The first kappa shape index (κ1) is 62.1. The molecule has 65 heavy (non-hydrogen) atoms. The zero-order valence-electron chi connectivity index (χ0n) is 43.0. The molecule has 0 aliphatic carbocycles. The maximum Gasteiger partial charge on any atom is 0.306 e. The topological polar surface area (TPSA) is 78.9 Å². The molecule has 0 N–H and O–H groups in total. The molecule has 1 unspecified atom stereocenters. The van der Waals surface area contributed by atoms with Gasteiger partial charge in [-0.05, 0) is 96.3 Å². The summed E-state index contributed by atoms with van der Waals surface area (Å²) >= 11 is 0. The minimum Gasteiger partial charge on any atom is -0.462 e. The SMILES string of the molecule is CCCC/C=C\C/C=C\CCCCCCCC(=O)OCC(COC(=O)CCCCCCCCCCC/C=C\CCCCCCCC)OC(=O)CCCCCCC/C=C\C/C=C\CCCC. The molecule has 0 aromatic rings. The van der Waals surface area contributed by atoms with Gasteiger partial charge < -0.3 is 14.2 Å². The smallest absolute Gasteiger partial charge is 0.306 e. The van der Waals surface area contributed by atoms with Crippen molar-refractivity contribution in [2.24, 2.45) is 0 Å². The van der Waals surface area contributed by atoms with Gasteiger partial charge in [0.05, 0.1) is 0 Å². The van der Waals surface area contributed by atoms with E-state index in [1.54, 1.807) is 0 Å². The predicted octanol–water partition coefficient (Wildman–Crippen LogP) is 18.4. The number of hydrogen-bond acceptors (Lipinski definition) is 6. The molecule has 6 nitrogen and oxygen atoms in total. The van der Waals surface area contributed by atoms with Crippen LogP contribution in [0.5, 0.6) is 0 Å². The van der Waals surface area contributed by atoms with E-state index in [0.717, 1.165) is 103 Å². The van der Waals surface area contributed by atoms with Gasteiger partial charge in [-0.1, -0.05) is 223 Å². The van der Waals surface area contributed by atoms with Crippen molar-refractivity contribution in [1.29, 1.82) is 0 Å². The van der Waals surface area contributed by atoms with Gasteiger partial charge in [0.2, 0.25) is 0 Å². The summed E-state index contributed by atoms with van der Waals surface area (Å²) in [7, 11) is 0. The van der Waals surface area contributed by atoms with Gasteiger partial charge in [-0.3, -0.25) is 14.4 Å². The van der Waals surface area contributed by atoms with Gasteiger partial charge in [-0.2, -0.15) is 0 Å². The van der Waals surface area contributed by atoms with Crippen molar-refractivity contribution in [2.45, 2.75) is 284 Å². The van der Waals surface area contributed by atoms with Gasteiger partial charge in [-0.15, -0.1) is 0 Å². The highest BCUT2D eigenvalue weighted by Gasteiger charge is 2.19. The van der Waals surface area contributed by atoms with Crippen molar-refractivity contribution >= 4 is 17.9 Å². The highest BCUT2D eigenvalue weighted by molar-refractivity contribution is 5.71. The van der Waals surface area contributed by atoms with Crippen LogP contribution in [0.15, 0.2) is 60.8 Å². The Bertz CT molecular complexity index is 1180. The number of carbonyl (C=O) groups is 3. The van der Waals surface area contributed by atoms with E-state index >= 15 is 0 Å². The predicted molar refractivity (Wildman–Crippen MR) is 279 cm³/mol. The summed E-state index contributed by atoms with van der Waals surface area (Å²) in [6.45, 7) is 6.54. The molecular formula is C59H104O6. The molecule has 0 heterocycles. The lowest BCUT2D eigenvalue weighted by atomic mass is 10.1. The molecular weight excluding hydrogens is 805 g/mol. The Kier molecular flexibility index (Phi) is 51.3. The summed E-state index contributed by atoms with van der Waals surface area (Å²) in [5.41, 5.74) is 0. The van der Waals surface area contributed by atoms with E-state index < -0.39 is 6.10 Å². The molecule has 0 radical (unpaired) electrons. The standard InChI is InChI=1S/C59H104O6/c1-4-7-10-13-16-19-22-25-28-29-30-31-32-35-37-40-43-46-49-52-58(61)64-55-56(65-59(62)53-50-47-44-41-38-34-27-24-21-18-15-12-9-6-3)54-63-57(60)51-48-45-42-39-36-33-26-23-20-17-14-11-8-5-2/h14-15,17-18,23-28,56H,4-13,16,19-22,29-55H2,1-3H3/b17-14-,18-15-,26-23-,27-24-,28-25-. The lowest BCUT2D eigenvalue weighted by molar-refractivity contribution is -0.167. The van der Waals surface area contributed by atoms with Gasteiger partial charge in [0.15, 0.2) is 6.10 Å². The number of allylic oxidation sites excluding steroid dienone is 10. The summed E-state index contributed by atoms with van der Waals surface area (Å²) < 4.78 is 16.8. The lowest BCUT2D eigenvalue weighted by Gasteiger charge is -2.18. The van der Waals surface area contributed by atoms with Crippen LogP contribution in [0.25, 0.3) is 0 Å².